The topological polar surface area (TPSA) is 55.3 Å². The molecule has 0 radical (unpaired) electrons. The van der Waals surface area contributed by atoms with E-state index in [-0.39, 0.29) is 0 Å². The predicted molar refractivity (Wildman–Crippen MR) is 84.0 cm³/mol. The van der Waals surface area contributed by atoms with Gasteiger partial charge in [-0.25, -0.2) is 4.98 Å². The highest BCUT2D eigenvalue weighted by Gasteiger charge is 2.41. The van der Waals surface area contributed by atoms with Gasteiger partial charge in [0, 0.05) is 25.7 Å². The van der Waals surface area contributed by atoms with Gasteiger partial charge in [-0.3, -0.25) is 4.90 Å². The van der Waals surface area contributed by atoms with Crippen molar-refractivity contribution in [2.45, 2.75) is 32.4 Å². The Labute approximate surface area is 129 Å². The maximum absolute atomic E-state index is 6.21. The van der Waals surface area contributed by atoms with Crippen molar-refractivity contribution >= 4 is 11.3 Å². The van der Waals surface area contributed by atoms with E-state index in [0.29, 0.717) is 12.0 Å². The lowest BCUT2D eigenvalue weighted by molar-refractivity contribution is 0.293. The number of thiophene rings is 1. The summed E-state index contributed by atoms with van der Waals surface area (Å²) in [5.74, 6) is 3.19. The third-order valence-corrected chi connectivity index (χ3v) is 5.84. The van der Waals surface area contributed by atoms with E-state index in [9.17, 15) is 0 Å². The molecule has 1 saturated heterocycles. The molecule has 0 bridgehead atoms. The summed E-state index contributed by atoms with van der Waals surface area (Å²) in [4.78, 5) is 8.30. The standard InChI is InChI=1S/C16H21N3OS/c1-10-14(18-16(20-10)15-3-2-6-21-15)9-19-7-11-4-5-13(17)12(11)8-19/h2-3,6,11-13H,4-5,7-9,17H2,1H3. The summed E-state index contributed by atoms with van der Waals surface area (Å²) in [6, 6.07) is 4.49. The number of hydrogen-bond acceptors (Lipinski definition) is 5. The second kappa shape index (κ2) is 5.23. The van der Waals surface area contributed by atoms with Crippen molar-refractivity contribution in [2.75, 3.05) is 13.1 Å². The molecule has 3 heterocycles. The van der Waals surface area contributed by atoms with Crippen LogP contribution in [0.2, 0.25) is 0 Å². The minimum Gasteiger partial charge on any atom is -0.440 e. The Morgan fingerprint density at radius 3 is 3.10 bits per heavy atom. The number of oxazole rings is 1. The molecular weight excluding hydrogens is 282 g/mol. The Kier molecular flexibility index (Phi) is 3.36. The molecule has 112 valence electrons. The summed E-state index contributed by atoms with van der Waals surface area (Å²) >= 11 is 1.67. The lowest BCUT2D eigenvalue weighted by atomic mass is 9.98. The number of aromatic nitrogens is 1. The van der Waals surface area contributed by atoms with Gasteiger partial charge in [-0.1, -0.05) is 6.07 Å². The Morgan fingerprint density at radius 2 is 2.33 bits per heavy atom. The van der Waals surface area contributed by atoms with E-state index >= 15 is 0 Å². The summed E-state index contributed by atoms with van der Waals surface area (Å²) in [6.45, 7) is 5.19. The predicted octanol–water partition coefficient (Wildman–Crippen LogP) is 2.88. The van der Waals surface area contributed by atoms with Gasteiger partial charge in [-0.05, 0) is 43.0 Å². The molecule has 1 aliphatic carbocycles. The van der Waals surface area contributed by atoms with Crippen molar-refractivity contribution in [3.8, 4) is 10.8 Å². The Hall–Kier alpha value is -1.17. The average molecular weight is 303 g/mol. The SMILES string of the molecule is Cc1oc(-c2cccs2)nc1CN1CC2CCC(N)C2C1. The fourth-order valence-corrected chi connectivity index (χ4v) is 4.47. The van der Waals surface area contributed by atoms with Crippen molar-refractivity contribution < 1.29 is 4.42 Å². The molecule has 2 aromatic heterocycles. The number of hydrogen-bond donors (Lipinski definition) is 1. The Bertz CT molecular complexity index is 622. The zero-order valence-electron chi connectivity index (χ0n) is 12.3. The van der Waals surface area contributed by atoms with Gasteiger partial charge in [-0.2, -0.15) is 0 Å². The molecule has 2 N–H and O–H groups in total. The second-order valence-electron chi connectivity index (χ2n) is 6.36. The number of aryl methyl sites for hydroxylation is 1. The van der Waals surface area contributed by atoms with Crippen LogP contribution in [-0.4, -0.2) is 29.0 Å². The van der Waals surface area contributed by atoms with E-state index < -0.39 is 0 Å². The molecule has 2 aromatic rings. The summed E-state index contributed by atoms with van der Waals surface area (Å²) in [5.41, 5.74) is 7.29. The zero-order chi connectivity index (χ0) is 14.4. The minimum atomic E-state index is 0.403. The molecule has 0 amide bonds. The molecule has 3 unspecified atom stereocenters. The fourth-order valence-electron chi connectivity index (χ4n) is 3.82. The minimum absolute atomic E-state index is 0.403. The first-order valence-electron chi connectivity index (χ1n) is 7.69. The van der Waals surface area contributed by atoms with E-state index in [1.54, 1.807) is 11.3 Å². The molecule has 4 nitrogen and oxygen atoms in total. The van der Waals surface area contributed by atoms with E-state index in [4.69, 9.17) is 15.1 Å². The number of fused-ring (bicyclic) bond motifs is 1. The van der Waals surface area contributed by atoms with Gasteiger partial charge in [0.05, 0.1) is 10.6 Å². The normalized spacial score (nSPS) is 29.1. The van der Waals surface area contributed by atoms with Crippen LogP contribution in [0.4, 0.5) is 0 Å². The van der Waals surface area contributed by atoms with Gasteiger partial charge in [0.1, 0.15) is 5.76 Å². The number of nitrogens with zero attached hydrogens (tertiary/aromatic N) is 2. The second-order valence-corrected chi connectivity index (χ2v) is 7.31. The molecule has 0 spiro atoms. The highest BCUT2D eigenvalue weighted by molar-refractivity contribution is 7.13. The maximum atomic E-state index is 6.21. The van der Waals surface area contributed by atoms with Crippen LogP contribution in [0.3, 0.4) is 0 Å². The fraction of sp³-hybridized carbons (Fsp3) is 0.562. The van der Waals surface area contributed by atoms with Crippen molar-refractivity contribution in [1.82, 2.24) is 9.88 Å². The first-order chi connectivity index (χ1) is 10.2. The lowest BCUT2D eigenvalue weighted by Gasteiger charge is -2.17. The third-order valence-electron chi connectivity index (χ3n) is 4.99. The third kappa shape index (κ3) is 2.43. The van der Waals surface area contributed by atoms with Gasteiger partial charge in [0.25, 0.3) is 0 Å². The number of likely N-dealkylation sites (tertiary alicyclic amines) is 1. The van der Waals surface area contributed by atoms with Crippen LogP contribution in [0.25, 0.3) is 10.8 Å². The first kappa shape index (κ1) is 13.5. The Balaban J connectivity index is 1.48. The Morgan fingerprint density at radius 1 is 1.43 bits per heavy atom. The van der Waals surface area contributed by atoms with Crippen LogP contribution in [0.5, 0.6) is 0 Å². The monoisotopic (exact) mass is 303 g/mol. The van der Waals surface area contributed by atoms with Crippen LogP contribution in [0.15, 0.2) is 21.9 Å². The van der Waals surface area contributed by atoms with Gasteiger partial charge in [0.15, 0.2) is 0 Å². The van der Waals surface area contributed by atoms with Crippen LogP contribution < -0.4 is 5.73 Å². The first-order valence-corrected chi connectivity index (χ1v) is 8.57. The molecule has 0 aromatic carbocycles. The largest absolute Gasteiger partial charge is 0.440 e. The summed E-state index contributed by atoms with van der Waals surface area (Å²) < 4.78 is 5.83. The summed E-state index contributed by atoms with van der Waals surface area (Å²) in [5, 5.41) is 2.05. The molecule has 21 heavy (non-hydrogen) atoms. The molecule has 1 aliphatic heterocycles. The van der Waals surface area contributed by atoms with Crippen molar-refractivity contribution in [3.63, 3.8) is 0 Å². The van der Waals surface area contributed by atoms with E-state index in [2.05, 4.69) is 16.3 Å². The van der Waals surface area contributed by atoms with Crippen molar-refractivity contribution in [3.05, 3.63) is 29.0 Å². The molecule has 5 heteroatoms. The highest BCUT2D eigenvalue weighted by Crippen LogP contribution is 2.38. The molecule has 1 saturated carbocycles. The highest BCUT2D eigenvalue weighted by atomic mass is 32.1. The number of rotatable bonds is 3. The molecule has 2 fully saturated rings. The molecular formula is C16H21N3OS. The molecule has 4 rings (SSSR count). The van der Waals surface area contributed by atoms with Crippen molar-refractivity contribution in [1.29, 1.82) is 0 Å². The smallest absolute Gasteiger partial charge is 0.236 e. The zero-order valence-corrected chi connectivity index (χ0v) is 13.1. The maximum Gasteiger partial charge on any atom is 0.236 e. The van der Waals surface area contributed by atoms with Crippen LogP contribution in [0, 0.1) is 18.8 Å². The van der Waals surface area contributed by atoms with Crippen molar-refractivity contribution in [2.24, 2.45) is 17.6 Å². The lowest BCUT2D eigenvalue weighted by Crippen LogP contribution is -2.30. The van der Waals surface area contributed by atoms with Crippen LogP contribution in [0.1, 0.15) is 24.3 Å². The molecule has 3 atom stereocenters. The summed E-state index contributed by atoms with van der Waals surface area (Å²) in [6.07, 6.45) is 2.50. The summed E-state index contributed by atoms with van der Waals surface area (Å²) in [7, 11) is 0. The average Bonchev–Trinajstić information content (AvgIpc) is 3.19. The van der Waals surface area contributed by atoms with E-state index in [1.165, 1.54) is 19.4 Å². The van der Waals surface area contributed by atoms with Gasteiger partial charge in [0.2, 0.25) is 5.89 Å². The van der Waals surface area contributed by atoms with Gasteiger partial charge >= 0.3 is 0 Å². The van der Waals surface area contributed by atoms with Crippen LogP contribution in [-0.2, 0) is 6.54 Å². The van der Waals surface area contributed by atoms with Gasteiger partial charge < -0.3 is 10.2 Å². The van der Waals surface area contributed by atoms with E-state index in [0.717, 1.165) is 41.2 Å². The van der Waals surface area contributed by atoms with E-state index in [1.807, 2.05) is 13.0 Å². The number of nitrogens with two attached hydrogens (primary N) is 1. The quantitative estimate of drug-likeness (QED) is 0.947. The van der Waals surface area contributed by atoms with Gasteiger partial charge in [-0.15, -0.1) is 11.3 Å². The van der Waals surface area contributed by atoms with Crippen LogP contribution >= 0.6 is 11.3 Å². The molecule has 2 aliphatic rings.